The van der Waals surface area contributed by atoms with Crippen molar-refractivity contribution in [2.75, 3.05) is 6.61 Å². The van der Waals surface area contributed by atoms with Gasteiger partial charge in [0.25, 0.3) is 0 Å². The molecule has 0 bridgehead atoms. The summed E-state index contributed by atoms with van der Waals surface area (Å²) in [6.07, 6.45) is 5.37. The first-order valence-electron chi connectivity index (χ1n) is 8.18. The van der Waals surface area contributed by atoms with Crippen LogP contribution in [0.4, 0.5) is 5.69 Å². The lowest BCUT2D eigenvalue weighted by atomic mass is 10.2. The van der Waals surface area contributed by atoms with Crippen LogP contribution in [0.5, 0.6) is 11.6 Å². The second kappa shape index (κ2) is 8.46. The molecular formula is C20H15BrClN3O3. The third kappa shape index (κ3) is 4.19. The predicted molar refractivity (Wildman–Crippen MR) is 111 cm³/mol. The quantitative estimate of drug-likeness (QED) is 0.409. The molecule has 8 heteroatoms. The molecule has 0 aliphatic rings. The van der Waals surface area contributed by atoms with E-state index in [1.165, 1.54) is 4.57 Å². The normalized spacial score (nSPS) is 11.1. The predicted octanol–water partition coefficient (Wildman–Crippen LogP) is 5.39. The van der Waals surface area contributed by atoms with Gasteiger partial charge in [0.1, 0.15) is 5.75 Å². The van der Waals surface area contributed by atoms with E-state index in [-0.39, 0.29) is 24.7 Å². The Labute approximate surface area is 174 Å². The number of nitrogens with zero attached hydrogens (tertiary/aromatic N) is 3. The minimum atomic E-state index is -0.597. The molecule has 0 saturated carbocycles. The highest BCUT2D eigenvalue weighted by Gasteiger charge is 2.17. The zero-order valence-corrected chi connectivity index (χ0v) is 17.2. The number of halogens is 2. The average Bonchev–Trinajstić information content (AvgIpc) is 2.92. The number of ether oxygens (including phenoxy) is 1. The number of terminal acetylenes is 1. The number of aromatic hydroxyl groups is 1. The molecule has 6 nitrogen and oxygen atoms in total. The van der Waals surface area contributed by atoms with Gasteiger partial charge in [0.15, 0.2) is 12.3 Å². The van der Waals surface area contributed by atoms with Gasteiger partial charge in [-0.15, -0.1) is 16.7 Å². The molecule has 142 valence electrons. The molecule has 0 saturated heterocycles. The summed E-state index contributed by atoms with van der Waals surface area (Å²) in [5.41, 5.74) is 1.69. The monoisotopic (exact) mass is 459 g/mol. The highest BCUT2D eigenvalue weighted by Crippen LogP contribution is 2.40. The third-order valence-electron chi connectivity index (χ3n) is 3.97. The van der Waals surface area contributed by atoms with Crippen LogP contribution in [0.25, 0.3) is 10.9 Å². The lowest BCUT2D eigenvalue weighted by Crippen LogP contribution is -2.07. The molecule has 28 heavy (non-hydrogen) atoms. The fraction of sp³-hybridized carbons (Fsp3) is 0.150. The molecular weight excluding hydrogens is 446 g/mol. The Kier molecular flexibility index (Phi) is 6.02. The summed E-state index contributed by atoms with van der Waals surface area (Å²) in [7, 11) is 0. The maximum Gasteiger partial charge on any atom is 0.302 e. The molecule has 0 atom stereocenters. The van der Waals surface area contributed by atoms with Gasteiger partial charge in [-0.2, -0.15) is 0 Å². The van der Waals surface area contributed by atoms with Crippen LogP contribution in [0.2, 0.25) is 5.02 Å². The van der Waals surface area contributed by atoms with Crippen molar-refractivity contribution in [2.24, 2.45) is 10.2 Å². The van der Waals surface area contributed by atoms with Crippen molar-refractivity contribution in [2.45, 2.75) is 13.5 Å². The van der Waals surface area contributed by atoms with Crippen LogP contribution in [-0.2, 0) is 11.3 Å². The molecule has 3 aromatic rings. The molecule has 1 aromatic heterocycles. The zero-order chi connectivity index (χ0) is 20.3. The number of hydrogen-bond donors (Lipinski definition) is 1. The van der Waals surface area contributed by atoms with Gasteiger partial charge in [-0.3, -0.25) is 9.36 Å². The Morgan fingerprint density at radius 1 is 1.36 bits per heavy atom. The molecule has 0 aliphatic heterocycles. The Bertz CT molecular complexity index is 1130. The number of benzene rings is 2. The Balaban J connectivity index is 1.81. The second-order valence-corrected chi connectivity index (χ2v) is 7.24. The minimum Gasteiger partial charge on any atom is -0.493 e. The summed E-state index contributed by atoms with van der Waals surface area (Å²) in [6, 6.07) is 10.5. The summed E-state index contributed by atoms with van der Waals surface area (Å²) >= 11 is 9.34. The van der Waals surface area contributed by atoms with E-state index in [9.17, 15) is 9.90 Å². The third-order valence-corrected chi connectivity index (χ3v) is 4.89. The van der Waals surface area contributed by atoms with Crippen molar-refractivity contribution in [3.63, 3.8) is 0 Å². The van der Waals surface area contributed by atoms with E-state index in [2.05, 4.69) is 32.1 Å². The van der Waals surface area contributed by atoms with E-state index in [1.54, 1.807) is 30.3 Å². The van der Waals surface area contributed by atoms with E-state index in [1.807, 2.05) is 13.0 Å². The Morgan fingerprint density at radius 2 is 2.14 bits per heavy atom. The molecule has 1 amide bonds. The summed E-state index contributed by atoms with van der Waals surface area (Å²) < 4.78 is 7.72. The van der Waals surface area contributed by atoms with Gasteiger partial charge in [0.05, 0.1) is 12.1 Å². The molecule has 1 N–H and O–H groups in total. The molecule has 0 unspecified atom stereocenters. The first kappa shape index (κ1) is 19.9. The van der Waals surface area contributed by atoms with Gasteiger partial charge in [0, 0.05) is 14.9 Å². The highest BCUT2D eigenvalue weighted by molar-refractivity contribution is 9.10. The van der Waals surface area contributed by atoms with Crippen LogP contribution < -0.4 is 4.74 Å². The lowest BCUT2D eigenvalue weighted by Gasteiger charge is -2.05. The number of azo groups is 1. The van der Waals surface area contributed by atoms with Gasteiger partial charge >= 0.3 is 5.91 Å². The number of fused-ring (bicyclic) bond motifs is 1. The van der Waals surface area contributed by atoms with E-state index < -0.39 is 5.91 Å². The summed E-state index contributed by atoms with van der Waals surface area (Å²) in [6.45, 7) is 1.70. The fourth-order valence-electron chi connectivity index (χ4n) is 2.63. The largest absolute Gasteiger partial charge is 0.493 e. The molecule has 3 rings (SSSR count). The fourth-order valence-corrected chi connectivity index (χ4v) is 3.11. The molecule has 0 fully saturated rings. The number of rotatable bonds is 5. The Morgan fingerprint density at radius 3 is 2.86 bits per heavy atom. The van der Waals surface area contributed by atoms with Crippen molar-refractivity contribution in [1.82, 2.24) is 4.57 Å². The van der Waals surface area contributed by atoms with Gasteiger partial charge in [-0.05, 0) is 48.9 Å². The second-order valence-electron chi connectivity index (χ2n) is 5.92. The lowest BCUT2D eigenvalue weighted by molar-refractivity contribution is -0.120. The summed E-state index contributed by atoms with van der Waals surface area (Å²) in [4.78, 5) is 12.0. The summed E-state index contributed by atoms with van der Waals surface area (Å²) in [5, 5.41) is 19.3. The van der Waals surface area contributed by atoms with Gasteiger partial charge in [-0.1, -0.05) is 33.5 Å². The van der Waals surface area contributed by atoms with Crippen LogP contribution in [0.15, 0.2) is 51.1 Å². The molecule has 0 spiro atoms. The Hall–Kier alpha value is -2.82. The van der Waals surface area contributed by atoms with E-state index in [0.29, 0.717) is 21.7 Å². The van der Waals surface area contributed by atoms with Gasteiger partial charge in [-0.25, -0.2) is 0 Å². The maximum atomic E-state index is 12.0. The number of aryl methyl sites for hydroxylation is 1. The van der Waals surface area contributed by atoms with Crippen LogP contribution in [0.1, 0.15) is 5.56 Å². The van der Waals surface area contributed by atoms with Crippen LogP contribution in [0.3, 0.4) is 0 Å². The minimum absolute atomic E-state index is 0.156. The highest BCUT2D eigenvalue weighted by atomic mass is 79.9. The average molecular weight is 461 g/mol. The molecule has 0 radical (unpaired) electrons. The van der Waals surface area contributed by atoms with E-state index in [4.69, 9.17) is 22.8 Å². The van der Waals surface area contributed by atoms with Crippen molar-refractivity contribution in [1.29, 1.82) is 0 Å². The van der Waals surface area contributed by atoms with E-state index >= 15 is 0 Å². The SMILES string of the molecule is C#CCn1c(O)c(N=NC(=O)COc2ccc(Cl)c(C)c2)c2cc(Br)ccc21. The van der Waals surface area contributed by atoms with Crippen LogP contribution in [-0.4, -0.2) is 22.2 Å². The number of carbonyl (C=O) groups excluding carboxylic acids is 1. The van der Waals surface area contributed by atoms with E-state index in [0.717, 1.165) is 10.0 Å². The van der Waals surface area contributed by atoms with Crippen molar-refractivity contribution >= 4 is 50.0 Å². The molecule has 2 aromatic carbocycles. The van der Waals surface area contributed by atoms with Crippen LogP contribution in [0, 0.1) is 19.3 Å². The first-order chi connectivity index (χ1) is 13.4. The number of hydrogen-bond acceptors (Lipinski definition) is 4. The van der Waals surface area contributed by atoms with Crippen molar-refractivity contribution in [3.05, 3.63) is 51.5 Å². The van der Waals surface area contributed by atoms with Crippen molar-refractivity contribution < 1.29 is 14.6 Å². The standard InChI is InChI=1S/C20H15BrClN3O3/c1-3-8-25-17-7-4-13(21)10-15(17)19(20(25)27)24-23-18(26)11-28-14-5-6-16(22)12(2)9-14/h1,4-7,9-10,27H,8,11H2,2H3. The zero-order valence-electron chi connectivity index (χ0n) is 14.8. The van der Waals surface area contributed by atoms with Crippen molar-refractivity contribution in [3.8, 4) is 24.0 Å². The summed E-state index contributed by atoms with van der Waals surface area (Å²) in [5.74, 6) is 2.23. The topological polar surface area (TPSA) is 76.2 Å². The number of amides is 1. The smallest absolute Gasteiger partial charge is 0.302 e. The maximum absolute atomic E-state index is 12.0. The number of carbonyl (C=O) groups is 1. The first-order valence-corrected chi connectivity index (χ1v) is 9.35. The molecule has 1 heterocycles. The van der Waals surface area contributed by atoms with Crippen LogP contribution >= 0.6 is 27.5 Å². The molecule has 0 aliphatic carbocycles. The van der Waals surface area contributed by atoms with Gasteiger partial charge in [0.2, 0.25) is 5.88 Å². The number of aromatic nitrogens is 1. The van der Waals surface area contributed by atoms with Gasteiger partial charge < -0.3 is 9.84 Å².